The van der Waals surface area contributed by atoms with Crippen molar-refractivity contribution in [3.05, 3.63) is 21.8 Å². The van der Waals surface area contributed by atoms with Gasteiger partial charge in [0.2, 0.25) is 5.91 Å². The van der Waals surface area contributed by atoms with Crippen molar-refractivity contribution in [2.45, 2.75) is 49.6 Å². The van der Waals surface area contributed by atoms with Crippen molar-refractivity contribution in [3.8, 4) is 0 Å². The lowest BCUT2D eigenvalue weighted by Crippen LogP contribution is -2.19. The number of carbonyl (C=O) groups is 2. The molecule has 0 spiro atoms. The Labute approximate surface area is 159 Å². The van der Waals surface area contributed by atoms with Crippen LogP contribution in [0.3, 0.4) is 0 Å². The normalized spacial score (nSPS) is 16.3. The molecule has 1 saturated carbocycles. The SMILES string of the molecule is Cn1c(SCC(=O)Nc2sc3c(c2C(N)=O)CCCC3)nnc1C1CC1. The van der Waals surface area contributed by atoms with Crippen LogP contribution in [0.1, 0.15) is 58.2 Å². The second-order valence-electron chi connectivity index (χ2n) is 6.79. The van der Waals surface area contributed by atoms with Crippen LogP contribution >= 0.6 is 23.1 Å². The van der Waals surface area contributed by atoms with Gasteiger partial charge in [-0.15, -0.1) is 21.5 Å². The number of anilines is 1. The minimum Gasteiger partial charge on any atom is -0.365 e. The van der Waals surface area contributed by atoms with Crippen molar-refractivity contribution in [2.75, 3.05) is 11.1 Å². The third-order valence-corrected chi connectivity index (χ3v) is 7.04. The number of hydrogen-bond donors (Lipinski definition) is 2. The summed E-state index contributed by atoms with van der Waals surface area (Å²) in [5.41, 5.74) is 7.10. The first kappa shape index (κ1) is 17.5. The molecule has 4 rings (SSSR count). The molecular formula is C17H21N5O2S2. The highest BCUT2D eigenvalue weighted by Crippen LogP contribution is 2.40. The summed E-state index contributed by atoms with van der Waals surface area (Å²) in [4.78, 5) is 25.5. The van der Waals surface area contributed by atoms with Gasteiger partial charge in [-0.3, -0.25) is 9.59 Å². The Kier molecular flexibility index (Phi) is 4.74. The minimum absolute atomic E-state index is 0.160. The molecular weight excluding hydrogens is 370 g/mol. The van der Waals surface area contributed by atoms with E-state index in [4.69, 9.17) is 5.73 Å². The molecule has 7 nitrogen and oxygen atoms in total. The van der Waals surface area contributed by atoms with Gasteiger partial charge in [0.15, 0.2) is 5.16 Å². The molecule has 0 bridgehead atoms. The Balaban J connectivity index is 1.43. The second-order valence-corrected chi connectivity index (χ2v) is 8.84. The standard InChI is InChI=1S/C17H21N5O2S2/c1-22-15(9-6-7-9)20-21-17(22)25-8-12(23)19-16-13(14(18)24)10-4-2-3-5-11(10)26-16/h9H,2-8H2,1H3,(H2,18,24)(H,19,23). The van der Waals surface area contributed by atoms with Gasteiger partial charge in [0, 0.05) is 17.8 Å². The zero-order valence-corrected chi connectivity index (χ0v) is 16.2. The fourth-order valence-electron chi connectivity index (χ4n) is 3.36. The van der Waals surface area contributed by atoms with E-state index in [-0.39, 0.29) is 11.7 Å². The summed E-state index contributed by atoms with van der Waals surface area (Å²) in [5, 5.41) is 12.6. The highest BCUT2D eigenvalue weighted by molar-refractivity contribution is 7.99. The molecule has 0 aromatic carbocycles. The van der Waals surface area contributed by atoms with E-state index in [9.17, 15) is 9.59 Å². The molecule has 26 heavy (non-hydrogen) atoms. The summed E-state index contributed by atoms with van der Waals surface area (Å²) in [5.74, 6) is 1.11. The number of thiophene rings is 1. The van der Waals surface area contributed by atoms with E-state index in [1.807, 2.05) is 11.6 Å². The number of nitrogens with zero attached hydrogens (tertiary/aromatic N) is 3. The van der Waals surface area contributed by atoms with Gasteiger partial charge >= 0.3 is 0 Å². The van der Waals surface area contributed by atoms with E-state index in [0.29, 0.717) is 16.5 Å². The van der Waals surface area contributed by atoms with Crippen LogP contribution in [0.2, 0.25) is 0 Å². The van der Waals surface area contributed by atoms with Gasteiger partial charge in [0.1, 0.15) is 10.8 Å². The van der Waals surface area contributed by atoms with Gasteiger partial charge in [-0.1, -0.05) is 11.8 Å². The predicted molar refractivity (Wildman–Crippen MR) is 102 cm³/mol. The van der Waals surface area contributed by atoms with Crippen LogP contribution in [0.15, 0.2) is 5.16 Å². The number of hydrogen-bond acceptors (Lipinski definition) is 6. The first-order chi connectivity index (χ1) is 12.5. The molecule has 1 fully saturated rings. The molecule has 2 aromatic heterocycles. The molecule has 0 saturated heterocycles. The maximum atomic E-state index is 12.4. The van der Waals surface area contributed by atoms with Crippen molar-refractivity contribution in [1.29, 1.82) is 0 Å². The minimum atomic E-state index is -0.463. The van der Waals surface area contributed by atoms with E-state index in [0.717, 1.165) is 55.1 Å². The van der Waals surface area contributed by atoms with E-state index >= 15 is 0 Å². The highest BCUT2D eigenvalue weighted by Gasteiger charge is 2.29. The van der Waals surface area contributed by atoms with Crippen LogP contribution in [0.4, 0.5) is 5.00 Å². The molecule has 2 aliphatic rings. The van der Waals surface area contributed by atoms with Crippen LogP contribution in [0.5, 0.6) is 0 Å². The zero-order chi connectivity index (χ0) is 18.3. The number of nitrogens with two attached hydrogens (primary N) is 1. The lowest BCUT2D eigenvalue weighted by Gasteiger charge is -2.11. The fourth-order valence-corrected chi connectivity index (χ4v) is 5.39. The van der Waals surface area contributed by atoms with Crippen LogP contribution in [-0.2, 0) is 24.7 Å². The van der Waals surface area contributed by atoms with Crippen LogP contribution < -0.4 is 11.1 Å². The van der Waals surface area contributed by atoms with E-state index in [1.54, 1.807) is 0 Å². The quantitative estimate of drug-likeness (QED) is 0.736. The molecule has 0 atom stereocenters. The number of thioether (sulfide) groups is 1. The average molecular weight is 392 g/mol. The van der Waals surface area contributed by atoms with Crippen molar-refractivity contribution >= 4 is 39.9 Å². The zero-order valence-electron chi connectivity index (χ0n) is 14.6. The number of primary amides is 1. The van der Waals surface area contributed by atoms with Gasteiger partial charge in [0.05, 0.1) is 11.3 Å². The van der Waals surface area contributed by atoms with Crippen molar-refractivity contribution in [3.63, 3.8) is 0 Å². The summed E-state index contributed by atoms with van der Waals surface area (Å²) in [6.07, 6.45) is 6.31. The highest BCUT2D eigenvalue weighted by atomic mass is 32.2. The Morgan fingerprint density at radius 2 is 2.08 bits per heavy atom. The van der Waals surface area contributed by atoms with Gasteiger partial charge in [-0.2, -0.15) is 0 Å². The molecule has 2 heterocycles. The van der Waals surface area contributed by atoms with E-state index < -0.39 is 5.91 Å². The van der Waals surface area contributed by atoms with Crippen LogP contribution in [0, 0.1) is 0 Å². The summed E-state index contributed by atoms with van der Waals surface area (Å²) < 4.78 is 1.97. The number of fused-ring (bicyclic) bond motifs is 1. The number of aryl methyl sites for hydroxylation is 1. The van der Waals surface area contributed by atoms with E-state index in [2.05, 4.69) is 15.5 Å². The van der Waals surface area contributed by atoms with Crippen LogP contribution in [0.25, 0.3) is 0 Å². The lowest BCUT2D eigenvalue weighted by molar-refractivity contribution is -0.113. The maximum Gasteiger partial charge on any atom is 0.251 e. The van der Waals surface area contributed by atoms with Gasteiger partial charge in [-0.25, -0.2) is 0 Å². The van der Waals surface area contributed by atoms with Crippen LogP contribution in [-0.4, -0.2) is 32.3 Å². The van der Waals surface area contributed by atoms with Gasteiger partial charge < -0.3 is 15.6 Å². The Morgan fingerprint density at radius 1 is 1.31 bits per heavy atom. The molecule has 0 radical (unpaired) electrons. The van der Waals surface area contributed by atoms with Crippen molar-refractivity contribution in [1.82, 2.24) is 14.8 Å². The molecule has 9 heteroatoms. The van der Waals surface area contributed by atoms with Gasteiger partial charge in [-0.05, 0) is 44.1 Å². The molecule has 3 N–H and O–H groups in total. The summed E-state index contributed by atoms with van der Waals surface area (Å²) in [7, 11) is 1.94. The average Bonchev–Trinajstić information content (AvgIpc) is 3.28. The fraction of sp³-hybridized carbons (Fsp3) is 0.529. The first-order valence-corrected chi connectivity index (χ1v) is 10.6. The number of nitrogens with one attached hydrogen (secondary N) is 1. The largest absolute Gasteiger partial charge is 0.365 e. The smallest absolute Gasteiger partial charge is 0.251 e. The monoisotopic (exact) mass is 391 g/mol. The summed E-state index contributed by atoms with van der Waals surface area (Å²) >= 11 is 2.84. The first-order valence-electron chi connectivity index (χ1n) is 8.81. The molecule has 2 aromatic rings. The Bertz CT molecular complexity index is 869. The summed E-state index contributed by atoms with van der Waals surface area (Å²) in [6.45, 7) is 0. The number of carbonyl (C=O) groups excluding carboxylic acids is 2. The molecule has 138 valence electrons. The predicted octanol–water partition coefficient (Wildman–Crippen LogP) is 2.46. The Hall–Kier alpha value is -1.87. The molecule has 2 amide bonds. The third-order valence-electron chi connectivity index (χ3n) is 4.81. The molecule has 0 unspecified atom stereocenters. The number of rotatable bonds is 6. The Morgan fingerprint density at radius 3 is 2.81 bits per heavy atom. The van der Waals surface area contributed by atoms with Crippen molar-refractivity contribution in [2.24, 2.45) is 12.8 Å². The summed E-state index contributed by atoms with van der Waals surface area (Å²) in [6, 6.07) is 0. The lowest BCUT2D eigenvalue weighted by atomic mass is 9.95. The molecule has 2 aliphatic carbocycles. The van der Waals surface area contributed by atoms with Crippen molar-refractivity contribution < 1.29 is 9.59 Å². The third kappa shape index (κ3) is 3.37. The maximum absolute atomic E-state index is 12.4. The van der Waals surface area contributed by atoms with E-state index in [1.165, 1.54) is 28.0 Å². The second kappa shape index (κ2) is 7.03. The molecule has 0 aliphatic heterocycles. The topological polar surface area (TPSA) is 103 Å². The number of amides is 2. The number of aromatic nitrogens is 3. The van der Waals surface area contributed by atoms with Gasteiger partial charge in [0.25, 0.3) is 5.91 Å².